The van der Waals surface area contributed by atoms with Gasteiger partial charge in [0.05, 0.1) is 12.5 Å². The van der Waals surface area contributed by atoms with Crippen LogP contribution in [0.1, 0.15) is 82.1 Å². The van der Waals surface area contributed by atoms with Crippen LogP contribution in [0.3, 0.4) is 0 Å². The van der Waals surface area contributed by atoms with Gasteiger partial charge in [0.15, 0.2) is 0 Å². The average Bonchev–Trinajstić information content (AvgIpc) is 2.54. The summed E-state index contributed by atoms with van der Waals surface area (Å²) in [5.41, 5.74) is 5.18. The van der Waals surface area contributed by atoms with Crippen molar-refractivity contribution < 1.29 is 28.6 Å². The Morgan fingerprint density at radius 2 is 1.14 bits per heavy atom. The third-order valence-corrected chi connectivity index (χ3v) is 3.55. The van der Waals surface area contributed by atoms with Gasteiger partial charge < -0.3 is 19.9 Å². The highest BCUT2D eigenvalue weighted by atomic mass is 16.5. The highest BCUT2D eigenvalue weighted by Gasteiger charge is 2.11. The monoisotopic (exact) mass is 405 g/mol. The van der Waals surface area contributed by atoms with Crippen LogP contribution in [0.15, 0.2) is 0 Å². The van der Waals surface area contributed by atoms with Crippen LogP contribution < -0.4 is 5.73 Å². The minimum Gasteiger partial charge on any atom is -0.463 e. The summed E-state index contributed by atoms with van der Waals surface area (Å²) in [6, 6.07) is 0. The fraction of sp³-hybridized carbons (Fsp3) is 0.857. The lowest BCUT2D eigenvalue weighted by Crippen LogP contribution is -2.21. The van der Waals surface area contributed by atoms with E-state index in [0.717, 1.165) is 0 Å². The first-order chi connectivity index (χ1) is 12.8. The zero-order chi connectivity index (χ0) is 22.9. The first kappa shape index (κ1) is 31.1. The van der Waals surface area contributed by atoms with Crippen molar-refractivity contribution in [1.29, 1.82) is 0 Å². The normalized spacial score (nSPS) is 12.2. The molecule has 7 nitrogen and oxygen atoms in total. The van der Waals surface area contributed by atoms with Gasteiger partial charge in [-0.1, -0.05) is 34.6 Å². The Labute approximate surface area is 171 Å². The van der Waals surface area contributed by atoms with E-state index in [1.807, 2.05) is 55.4 Å². The van der Waals surface area contributed by atoms with E-state index < -0.39 is 0 Å². The summed E-state index contributed by atoms with van der Waals surface area (Å²) in [6.45, 7) is 19.1. The first-order valence-electron chi connectivity index (χ1n) is 10.0. The smallest absolute Gasteiger partial charge is 0.307 e. The molecular weight excluding hydrogens is 362 g/mol. The number of hydrogen-bond donors (Lipinski definition) is 1. The maximum atomic E-state index is 10.9. The van der Waals surface area contributed by atoms with E-state index in [9.17, 15) is 14.4 Å². The van der Waals surface area contributed by atoms with Gasteiger partial charge in [0.2, 0.25) is 0 Å². The predicted molar refractivity (Wildman–Crippen MR) is 112 cm³/mol. The molecule has 0 saturated carbocycles. The second-order valence-electron chi connectivity index (χ2n) is 7.43. The summed E-state index contributed by atoms with van der Waals surface area (Å²) in [7, 11) is 0. The van der Waals surface area contributed by atoms with Crippen LogP contribution in [-0.2, 0) is 28.6 Å². The van der Waals surface area contributed by atoms with Crippen molar-refractivity contribution >= 4 is 17.9 Å². The van der Waals surface area contributed by atoms with Crippen LogP contribution in [0.2, 0.25) is 0 Å². The number of ether oxygens (including phenoxy) is 3. The van der Waals surface area contributed by atoms with Crippen molar-refractivity contribution in [3.63, 3.8) is 0 Å². The van der Waals surface area contributed by atoms with Gasteiger partial charge in [-0.3, -0.25) is 14.4 Å². The summed E-state index contributed by atoms with van der Waals surface area (Å²) in [6.07, 6.45) is 0.854. The lowest BCUT2D eigenvalue weighted by Gasteiger charge is -2.15. The number of hydrogen-bond acceptors (Lipinski definition) is 7. The van der Waals surface area contributed by atoms with E-state index >= 15 is 0 Å². The minimum absolute atomic E-state index is 0.00551. The summed E-state index contributed by atoms with van der Waals surface area (Å²) in [4.78, 5) is 31.6. The quantitative estimate of drug-likeness (QED) is 0.483. The van der Waals surface area contributed by atoms with E-state index in [4.69, 9.17) is 15.2 Å². The van der Waals surface area contributed by atoms with Crippen molar-refractivity contribution in [2.75, 3.05) is 6.54 Å². The summed E-state index contributed by atoms with van der Waals surface area (Å²) >= 11 is 0. The van der Waals surface area contributed by atoms with Gasteiger partial charge >= 0.3 is 17.9 Å². The van der Waals surface area contributed by atoms with Crippen molar-refractivity contribution in [1.82, 2.24) is 0 Å². The molecule has 0 spiro atoms. The second kappa shape index (κ2) is 18.7. The molecule has 0 aromatic heterocycles. The van der Waals surface area contributed by atoms with E-state index in [-0.39, 0.29) is 36.2 Å². The van der Waals surface area contributed by atoms with E-state index in [1.165, 1.54) is 6.92 Å². The first-order valence-corrected chi connectivity index (χ1v) is 10.0. The number of rotatable bonds is 8. The highest BCUT2D eigenvalue weighted by Crippen LogP contribution is 2.06. The third kappa shape index (κ3) is 24.4. The zero-order valence-corrected chi connectivity index (χ0v) is 19.5. The largest absolute Gasteiger partial charge is 0.463 e. The molecule has 0 rings (SSSR count). The summed E-state index contributed by atoms with van der Waals surface area (Å²) in [5, 5.41) is 0. The Morgan fingerprint density at radius 1 is 0.750 bits per heavy atom. The fourth-order valence-corrected chi connectivity index (χ4v) is 1.28. The maximum Gasteiger partial charge on any atom is 0.307 e. The van der Waals surface area contributed by atoms with Gasteiger partial charge in [-0.15, -0.1) is 0 Å². The molecule has 0 fully saturated rings. The topological polar surface area (TPSA) is 105 Å². The van der Waals surface area contributed by atoms with Crippen molar-refractivity contribution in [3.05, 3.63) is 0 Å². The molecule has 0 aromatic carbocycles. The molecule has 0 radical (unpaired) electrons. The molecule has 0 bridgehead atoms. The molecule has 0 heterocycles. The van der Waals surface area contributed by atoms with Gasteiger partial charge in [0, 0.05) is 19.9 Å². The van der Waals surface area contributed by atoms with E-state index in [2.05, 4.69) is 4.74 Å². The average molecular weight is 406 g/mol. The Balaban J connectivity index is -0.000000343. The Kier molecular flexibility index (Phi) is 20.8. The van der Waals surface area contributed by atoms with E-state index in [1.54, 1.807) is 6.92 Å². The zero-order valence-electron chi connectivity index (χ0n) is 19.5. The number of nitrogens with two attached hydrogens (primary N) is 1. The van der Waals surface area contributed by atoms with Gasteiger partial charge in [0.1, 0.15) is 12.2 Å². The van der Waals surface area contributed by atoms with Gasteiger partial charge in [-0.25, -0.2) is 0 Å². The van der Waals surface area contributed by atoms with Crippen molar-refractivity contribution in [2.24, 2.45) is 17.6 Å². The van der Waals surface area contributed by atoms with Crippen LogP contribution in [-0.4, -0.2) is 42.8 Å². The predicted octanol–water partition coefficient (Wildman–Crippen LogP) is 3.86. The fourth-order valence-electron chi connectivity index (χ4n) is 1.28. The second-order valence-corrected chi connectivity index (χ2v) is 7.43. The molecule has 7 heteroatoms. The standard InChI is InChI=1S/C8H17NO2.C8H16O2.C5H10O2/c1-6(2)7(3)11-8(10)4-5-9;1-5-8(9)10-7(4)6(2)3;1-4(2)7-5(3)6/h6-7H,4-5,9H2,1-3H3;6-7H,5H2,1-4H3;4H,1-3H3. The summed E-state index contributed by atoms with van der Waals surface area (Å²) < 4.78 is 14.7. The molecule has 0 saturated heterocycles. The molecule has 0 aliphatic heterocycles. The molecule has 0 aliphatic carbocycles. The Bertz CT molecular complexity index is 421. The molecule has 0 amide bonds. The Morgan fingerprint density at radius 3 is 1.36 bits per heavy atom. The van der Waals surface area contributed by atoms with Crippen molar-refractivity contribution in [3.8, 4) is 0 Å². The molecule has 2 atom stereocenters. The molecule has 2 unspecified atom stereocenters. The minimum atomic E-state index is -0.213. The molecule has 168 valence electrons. The van der Waals surface area contributed by atoms with Gasteiger partial charge in [-0.2, -0.15) is 0 Å². The van der Waals surface area contributed by atoms with Crippen LogP contribution in [0.4, 0.5) is 0 Å². The number of carbonyl (C=O) groups is 3. The lowest BCUT2D eigenvalue weighted by molar-refractivity contribution is -0.150. The van der Waals surface area contributed by atoms with Crippen molar-refractivity contribution in [2.45, 2.75) is 100 Å². The molecule has 0 aliphatic rings. The molecule has 28 heavy (non-hydrogen) atoms. The SMILES string of the molecule is CC(=O)OC(C)C.CC(C)C(C)OC(=O)CCN.CCC(=O)OC(C)C(C)C. The van der Waals surface area contributed by atoms with Gasteiger partial charge in [-0.05, 0) is 39.5 Å². The van der Waals surface area contributed by atoms with E-state index in [0.29, 0.717) is 31.2 Å². The van der Waals surface area contributed by atoms with Crippen LogP contribution in [0.25, 0.3) is 0 Å². The van der Waals surface area contributed by atoms with Crippen LogP contribution in [0.5, 0.6) is 0 Å². The molecule has 2 N–H and O–H groups in total. The number of esters is 3. The number of carbonyl (C=O) groups excluding carboxylic acids is 3. The highest BCUT2D eigenvalue weighted by molar-refractivity contribution is 5.69. The maximum absolute atomic E-state index is 10.9. The third-order valence-electron chi connectivity index (χ3n) is 3.55. The van der Waals surface area contributed by atoms with Gasteiger partial charge in [0.25, 0.3) is 0 Å². The van der Waals surface area contributed by atoms with Crippen LogP contribution >= 0.6 is 0 Å². The molecule has 0 aromatic rings. The van der Waals surface area contributed by atoms with Crippen LogP contribution in [0, 0.1) is 11.8 Å². The Hall–Kier alpha value is -1.63. The molecular formula is C21H43NO6. The lowest BCUT2D eigenvalue weighted by atomic mass is 10.1. The summed E-state index contributed by atoms with van der Waals surface area (Å²) in [5.74, 6) is 0.261.